The fourth-order valence-corrected chi connectivity index (χ4v) is 3.46. The second kappa shape index (κ2) is 11.3. The first-order valence-corrected chi connectivity index (χ1v) is 8.96. The SMILES string of the molecule is Cl.Cl.NC1CCC(C(=O)NCCC(=O)N2CCN(c3ncccn3)CC2)C1. The van der Waals surface area contributed by atoms with Gasteiger partial charge in [-0.1, -0.05) is 0 Å². The maximum Gasteiger partial charge on any atom is 0.225 e. The van der Waals surface area contributed by atoms with Crippen molar-refractivity contribution < 1.29 is 9.59 Å². The maximum absolute atomic E-state index is 12.3. The Morgan fingerprint density at radius 1 is 1.11 bits per heavy atom. The third kappa shape index (κ3) is 6.48. The second-order valence-electron chi connectivity index (χ2n) is 6.73. The maximum atomic E-state index is 12.3. The number of rotatable bonds is 5. The van der Waals surface area contributed by atoms with Gasteiger partial charge in [0.05, 0.1) is 0 Å². The number of hydrogen-bond acceptors (Lipinski definition) is 6. The number of anilines is 1. The lowest BCUT2D eigenvalue weighted by atomic mass is 10.1. The molecule has 2 amide bonds. The van der Waals surface area contributed by atoms with Gasteiger partial charge in [0.1, 0.15) is 0 Å². The number of nitrogens with zero attached hydrogens (tertiary/aromatic N) is 4. The van der Waals surface area contributed by atoms with Crippen LogP contribution in [0.1, 0.15) is 25.7 Å². The van der Waals surface area contributed by atoms with Gasteiger partial charge in [0, 0.05) is 63.5 Å². The summed E-state index contributed by atoms with van der Waals surface area (Å²) in [5, 5.41) is 2.88. The first-order valence-electron chi connectivity index (χ1n) is 8.96. The third-order valence-electron chi connectivity index (χ3n) is 4.95. The van der Waals surface area contributed by atoms with Crippen LogP contribution in [0.25, 0.3) is 0 Å². The number of piperazine rings is 1. The van der Waals surface area contributed by atoms with Gasteiger partial charge in [0.25, 0.3) is 0 Å². The summed E-state index contributed by atoms with van der Waals surface area (Å²) in [6.45, 7) is 3.15. The van der Waals surface area contributed by atoms with E-state index in [1.807, 2.05) is 4.90 Å². The molecule has 2 unspecified atom stereocenters. The molecule has 1 saturated carbocycles. The van der Waals surface area contributed by atoms with Crippen LogP contribution in [-0.2, 0) is 9.59 Å². The van der Waals surface area contributed by atoms with Crippen LogP contribution in [0.2, 0.25) is 0 Å². The lowest BCUT2D eigenvalue weighted by Crippen LogP contribution is -2.49. The normalized spacial score (nSPS) is 21.8. The fourth-order valence-electron chi connectivity index (χ4n) is 3.46. The van der Waals surface area contributed by atoms with E-state index in [-0.39, 0.29) is 48.6 Å². The molecule has 3 N–H and O–H groups in total. The molecule has 0 radical (unpaired) electrons. The summed E-state index contributed by atoms with van der Waals surface area (Å²) >= 11 is 0. The summed E-state index contributed by atoms with van der Waals surface area (Å²) in [5.41, 5.74) is 5.84. The van der Waals surface area contributed by atoms with Gasteiger partial charge in [-0.25, -0.2) is 9.97 Å². The van der Waals surface area contributed by atoms with Crippen molar-refractivity contribution in [2.75, 3.05) is 37.6 Å². The third-order valence-corrected chi connectivity index (χ3v) is 4.95. The minimum absolute atomic E-state index is 0. The van der Waals surface area contributed by atoms with Gasteiger partial charge < -0.3 is 20.9 Å². The zero-order valence-electron chi connectivity index (χ0n) is 15.2. The van der Waals surface area contributed by atoms with Crippen LogP contribution in [0.5, 0.6) is 0 Å². The molecule has 1 aliphatic carbocycles. The molecule has 152 valence electrons. The zero-order valence-corrected chi connectivity index (χ0v) is 16.9. The van der Waals surface area contributed by atoms with Gasteiger partial charge >= 0.3 is 0 Å². The van der Waals surface area contributed by atoms with Gasteiger partial charge in [-0.3, -0.25) is 9.59 Å². The average molecular weight is 419 g/mol. The minimum Gasteiger partial charge on any atom is -0.355 e. The predicted molar refractivity (Wildman–Crippen MR) is 108 cm³/mol. The molecule has 0 bridgehead atoms. The van der Waals surface area contributed by atoms with Crippen LogP contribution in [0, 0.1) is 5.92 Å². The van der Waals surface area contributed by atoms with E-state index in [4.69, 9.17) is 5.73 Å². The van der Waals surface area contributed by atoms with Crippen molar-refractivity contribution in [1.29, 1.82) is 0 Å². The molecular weight excluding hydrogens is 391 g/mol. The van der Waals surface area contributed by atoms with Gasteiger partial charge in [0.2, 0.25) is 17.8 Å². The van der Waals surface area contributed by atoms with Crippen molar-refractivity contribution in [3.05, 3.63) is 18.5 Å². The van der Waals surface area contributed by atoms with E-state index in [1.54, 1.807) is 18.5 Å². The molecule has 1 aromatic rings. The van der Waals surface area contributed by atoms with Crippen LogP contribution >= 0.6 is 24.8 Å². The minimum atomic E-state index is 0. The van der Waals surface area contributed by atoms with E-state index >= 15 is 0 Å². The first-order chi connectivity index (χ1) is 12.1. The Labute approximate surface area is 172 Å². The Hall–Kier alpha value is -1.64. The monoisotopic (exact) mass is 418 g/mol. The molecule has 27 heavy (non-hydrogen) atoms. The van der Waals surface area contributed by atoms with E-state index in [2.05, 4.69) is 20.2 Å². The molecule has 2 heterocycles. The highest BCUT2D eigenvalue weighted by atomic mass is 35.5. The Kier molecular flexibility index (Phi) is 9.76. The van der Waals surface area contributed by atoms with E-state index in [9.17, 15) is 9.59 Å². The second-order valence-corrected chi connectivity index (χ2v) is 6.73. The smallest absolute Gasteiger partial charge is 0.225 e. The summed E-state index contributed by atoms with van der Waals surface area (Å²) in [7, 11) is 0. The summed E-state index contributed by atoms with van der Waals surface area (Å²) in [4.78, 5) is 36.7. The number of carbonyl (C=O) groups excluding carboxylic acids is 2. The molecule has 1 saturated heterocycles. The van der Waals surface area contributed by atoms with Crippen molar-refractivity contribution in [2.24, 2.45) is 11.7 Å². The molecule has 10 heteroatoms. The van der Waals surface area contributed by atoms with Crippen LogP contribution in [0.4, 0.5) is 5.95 Å². The number of aromatic nitrogens is 2. The van der Waals surface area contributed by atoms with Gasteiger partial charge in [0.15, 0.2) is 0 Å². The summed E-state index contributed by atoms with van der Waals surface area (Å²) < 4.78 is 0. The topological polar surface area (TPSA) is 104 Å². The summed E-state index contributed by atoms with van der Waals surface area (Å²) in [6.07, 6.45) is 6.30. The van der Waals surface area contributed by atoms with E-state index in [1.165, 1.54) is 0 Å². The molecular formula is C17H28Cl2N6O2. The number of nitrogens with one attached hydrogen (secondary N) is 1. The molecule has 2 atom stereocenters. The zero-order chi connectivity index (χ0) is 17.6. The highest BCUT2D eigenvalue weighted by molar-refractivity contribution is 5.85. The molecule has 2 fully saturated rings. The molecule has 0 spiro atoms. The standard InChI is InChI=1S/C17H26N6O2.2ClH/c18-14-3-2-13(12-14)16(25)19-7-4-15(24)22-8-10-23(11-9-22)17-20-5-1-6-21-17;;/h1,5-6,13-14H,2-4,7-12,18H2,(H,19,25);2*1H. The van der Waals surface area contributed by atoms with Crippen LogP contribution in [0.15, 0.2) is 18.5 Å². The van der Waals surface area contributed by atoms with Crippen LogP contribution in [0.3, 0.4) is 0 Å². The summed E-state index contributed by atoms with van der Waals surface area (Å²) in [6, 6.07) is 1.93. The number of amides is 2. The highest BCUT2D eigenvalue weighted by Crippen LogP contribution is 2.23. The molecule has 0 aromatic carbocycles. The number of nitrogens with two attached hydrogens (primary N) is 1. The fraction of sp³-hybridized carbons (Fsp3) is 0.647. The van der Waals surface area contributed by atoms with Crippen LogP contribution in [-0.4, -0.2) is 65.4 Å². The highest BCUT2D eigenvalue weighted by Gasteiger charge is 2.28. The molecule has 1 aromatic heterocycles. The van der Waals surface area contributed by atoms with Gasteiger partial charge in [-0.2, -0.15) is 0 Å². The number of carbonyl (C=O) groups is 2. The van der Waals surface area contributed by atoms with Crippen molar-refractivity contribution in [2.45, 2.75) is 31.7 Å². The molecule has 2 aliphatic rings. The van der Waals surface area contributed by atoms with E-state index in [0.29, 0.717) is 32.0 Å². The Balaban J connectivity index is 0.00000182. The number of halogens is 2. The summed E-state index contributed by atoms with van der Waals surface area (Å²) in [5.74, 6) is 0.833. The molecule has 3 rings (SSSR count). The van der Waals surface area contributed by atoms with E-state index in [0.717, 1.165) is 32.4 Å². The van der Waals surface area contributed by atoms with E-state index < -0.39 is 0 Å². The quantitative estimate of drug-likeness (QED) is 0.725. The van der Waals surface area contributed by atoms with Gasteiger partial charge in [-0.05, 0) is 25.3 Å². The molecule has 8 nitrogen and oxygen atoms in total. The van der Waals surface area contributed by atoms with Crippen molar-refractivity contribution in [1.82, 2.24) is 20.2 Å². The average Bonchev–Trinajstić information content (AvgIpc) is 3.09. The Morgan fingerprint density at radius 2 is 1.78 bits per heavy atom. The van der Waals surface area contributed by atoms with Crippen molar-refractivity contribution in [3.8, 4) is 0 Å². The predicted octanol–water partition coefficient (Wildman–Crippen LogP) is 0.603. The largest absolute Gasteiger partial charge is 0.355 e. The molecule has 1 aliphatic heterocycles. The lowest BCUT2D eigenvalue weighted by molar-refractivity contribution is -0.131. The van der Waals surface area contributed by atoms with Crippen molar-refractivity contribution >= 4 is 42.6 Å². The van der Waals surface area contributed by atoms with Crippen LogP contribution < -0.4 is 16.0 Å². The Bertz CT molecular complexity index is 598. The first kappa shape index (κ1) is 23.4. The number of hydrogen-bond donors (Lipinski definition) is 2. The Morgan fingerprint density at radius 3 is 2.37 bits per heavy atom. The lowest BCUT2D eigenvalue weighted by Gasteiger charge is -2.34. The van der Waals surface area contributed by atoms with Gasteiger partial charge in [-0.15, -0.1) is 24.8 Å². The van der Waals surface area contributed by atoms with Crippen molar-refractivity contribution in [3.63, 3.8) is 0 Å².